The monoisotopic (exact) mass is 892 g/mol. The van der Waals surface area contributed by atoms with Gasteiger partial charge in [-0.3, -0.25) is 39.0 Å². The van der Waals surface area contributed by atoms with Crippen LogP contribution in [-0.2, 0) is 14.4 Å². The maximum absolute atomic E-state index is 13.4. The number of carbonyl (C=O) groups excluding carboxylic acids is 5. The zero-order valence-corrected chi connectivity index (χ0v) is 37.2. The van der Waals surface area contributed by atoms with Crippen LogP contribution in [0.3, 0.4) is 0 Å². The molecular weight excluding hydrogens is 840 g/mol. The molecular formula is C46H53ClN10O7. The zero-order valence-electron chi connectivity index (χ0n) is 36.5. The molecule has 1 atom stereocenters. The van der Waals surface area contributed by atoms with Gasteiger partial charge in [-0.25, -0.2) is 4.98 Å². The van der Waals surface area contributed by atoms with E-state index in [4.69, 9.17) is 21.3 Å². The molecule has 1 saturated carbocycles. The summed E-state index contributed by atoms with van der Waals surface area (Å²) in [5.74, 6) is -1.14. The van der Waals surface area contributed by atoms with Gasteiger partial charge in [0.15, 0.2) is 18.2 Å². The number of fused-ring (bicyclic) bond motifs is 2. The van der Waals surface area contributed by atoms with E-state index in [1.54, 1.807) is 29.0 Å². The molecule has 336 valence electrons. The van der Waals surface area contributed by atoms with Gasteiger partial charge in [-0.05, 0) is 108 Å². The average molecular weight is 893 g/mol. The van der Waals surface area contributed by atoms with E-state index in [0.29, 0.717) is 45.7 Å². The molecule has 1 spiro atoms. The molecule has 6 heterocycles. The zero-order chi connectivity index (χ0) is 45.0. The minimum Gasteiger partial charge on any atom is -0.478 e. The lowest BCUT2D eigenvalue weighted by atomic mass is 9.67. The molecule has 0 bridgehead atoms. The molecule has 4 fully saturated rings. The third-order valence-corrected chi connectivity index (χ3v) is 14.2. The number of anilines is 4. The number of pyridine rings is 1. The van der Waals surface area contributed by atoms with Gasteiger partial charge in [0.1, 0.15) is 11.1 Å². The summed E-state index contributed by atoms with van der Waals surface area (Å²) in [6.07, 6.45) is 8.29. The maximum Gasteiger partial charge on any atom is 0.293 e. The summed E-state index contributed by atoms with van der Waals surface area (Å²) in [5, 5.41) is 9.24. The molecule has 1 aliphatic carbocycles. The Labute approximate surface area is 375 Å². The summed E-state index contributed by atoms with van der Waals surface area (Å²) < 4.78 is 7.28. The lowest BCUT2D eigenvalue weighted by Gasteiger charge is -2.56. The van der Waals surface area contributed by atoms with Crippen LogP contribution in [0.5, 0.6) is 5.75 Å². The molecule has 64 heavy (non-hydrogen) atoms. The van der Waals surface area contributed by atoms with Gasteiger partial charge in [0, 0.05) is 79.9 Å². The third kappa shape index (κ3) is 8.03. The molecule has 3 saturated heterocycles. The fourth-order valence-corrected chi connectivity index (χ4v) is 10.4. The molecule has 18 heteroatoms. The van der Waals surface area contributed by atoms with Crippen LogP contribution in [0.4, 0.5) is 23.1 Å². The summed E-state index contributed by atoms with van der Waals surface area (Å²) >= 11 is 6.63. The van der Waals surface area contributed by atoms with Gasteiger partial charge in [-0.1, -0.05) is 11.6 Å². The lowest BCUT2D eigenvalue weighted by Crippen LogP contribution is -2.59. The highest BCUT2D eigenvalue weighted by atomic mass is 35.5. The number of hydrogen-bond donors (Lipinski definition) is 3. The van der Waals surface area contributed by atoms with Crippen molar-refractivity contribution < 1.29 is 28.7 Å². The number of halogens is 1. The highest BCUT2D eigenvalue weighted by molar-refractivity contribution is 6.33. The molecule has 4 aromatic rings. The number of amides is 5. The second-order valence-electron chi connectivity index (χ2n) is 18.2. The van der Waals surface area contributed by atoms with Crippen molar-refractivity contribution in [2.45, 2.75) is 89.4 Å². The van der Waals surface area contributed by atoms with E-state index in [1.807, 2.05) is 38.1 Å². The SMILES string of the molecule is CNC(=O)COc1cc2cc(Nc3nc(N4CCC(N(C)C5CCC6(CC5)CN(c5ccc7c(c5)C(=O)N(C5CCC(=O)NC5=O)C7=O)C6)CC4)ncc3Cl)ccc2n(C(C)C)c1=O. The molecule has 2 aromatic carbocycles. The number of piperidine rings is 2. The largest absolute Gasteiger partial charge is 0.478 e. The summed E-state index contributed by atoms with van der Waals surface area (Å²) in [4.78, 5) is 93.4. The number of nitrogens with zero attached hydrogens (tertiary/aromatic N) is 7. The molecule has 1 unspecified atom stereocenters. The summed E-state index contributed by atoms with van der Waals surface area (Å²) in [7, 11) is 3.78. The quantitative estimate of drug-likeness (QED) is 0.177. The Hall–Kier alpha value is -6.07. The van der Waals surface area contributed by atoms with Crippen LogP contribution in [0.2, 0.25) is 5.02 Å². The smallest absolute Gasteiger partial charge is 0.293 e. The van der Waals surface area contributed by atoms with Gasteiger partial charge < -0.3 is 34.6 Å². The standard InChI is InChI=1S/C46H53ClN10O7/c1-26(2)56-35-8-5-28(19-27(35)20-37(44(56)63)64-23-39(59)48-3)50-40-34(47)22-49-45(52-40)54-17-13-30(14-18-54)53(4)29-11-15-46(16-12-29)24-55(25-46)31-6-7-32-33(21-31)43(62)57(42(32)61)36-9-10-38(58)51-41(36)60/h5-8,19-22,26,29-30,36H,9-18,23-25H2,1-4H3,(H,48,59)(H,49,50,52)(H,51,58,60). The predicted molar refractivity (Wildman–Crippen MR) is 241 cm³/mol. The molecule has 4 aliphatic heterocycles. The van der Waals surface area contributed by atoms with Gasteiger partial charge in [-0.2, -0.15) is 4.98 Å². The predicted octanol–water partition coefficient (Wildman–Crippen LogP) is 4.65. The fraction of sp³-hybridized carbons (Fsp3) is 0.478. The number of carbonyl (C=O) groups is 5. The Balaban J connectivity index is 0.779. The van der Waals surface area contributed by atoms with Crippen LogP contribution >= 0.6 is 11.6 Å². The first kappa shape index (κ1) is 43.2. The highest BCUT2D eigenvalue weighted by Crippen LogP contribution is 2.47. The van der Waals surface area contributed by atoms with Crippen LogP contribution in [0.25, 0.3) is 10.9 Å². The molecule has 17 nitrogen and oxygen atoms in total. The van der Waals surface area contributed by atoms with E-state index in [-0.39, 0.29) is 48.1 Å². The van der Waals surface area contributed by atoms with Crippen molar-refractivity contribution in [2.24, 2.45) is 5.41 Å². The Morgan fingerprint density at radius 2 is 1.66 bits per heavy atom. The molecule has 5 amide bonds. The van der Waals surface area contributed by atoms with Crippen LogP contribution in [0.1, 0.15) is 92.0 Å². The Kier molecular flexibility index (Phi) is 11.6. The van der Waals surface area contributed by atoms with E-state index in [1.165, 1.54) is 7.05 Å². The van der Waals surface area contributed by atoms with E-state index >= 15 is 0 Å². The second-order valence-corrected chi connectivity index (χ2v) is 18.6. The topological polar surface area (TPSA) is 191 Å². The number of rotatable bonds is 11. The van der Waals surface area contributed by atoms with Crippen molar-refractivity contribution >= 4 is 75.2 Å². The molecule has 0 radical (unpaired) electrons. The van der Waals surface area contributed by atoms with Crippen LogP contribution in [0, 0.1) is 5.41 Å². The first-order valence-electron chi connectivity index (χ1n) is 22.1. The maximum atomic E-state index is 13.4. The van der Waals surface area contributed by atoms with E-state index in [2.05, 4.69) is 42.7 Å². The van der Waals surface area contributed by atoms with Crippen molar-refractivity contribution in [1.29, 1.82) is 0 Å². The van der Waals surface area contributed by atoms with E-state index < -0.39 is 29.7 Å². The van der Waals surface area contributed by atoms with Gasteiger partial charge in [0.25, 0.3) is 23.3 Å². The molecule has 3 N–H and O–H groups in total. The number of aromatic nitrogens is 3. The van der Waals surface area contributed by atoms with Gasteiger partial charge in [0.05, 0.1) is 22.8 Å². The molecule has 5 aliphatic rings. The van der Waals surface area contributed by atoms with Crippen molar-refractivity contribution in [2.75, 3.05) is 62.0 Å². The summed E-state index contributed by atoms with van der Waals surface area (Å²) in [6, 6.07) is 12.5. The van der Waals surface area contributed by atoms with Crippen LogP contribution in [0.15, 0.2) is 53.5 Å². The van der Waals surface area contributed by atoms with Crippen molar-refractivity contribution in [1.82, 2.24) is 35.0 Å². The minimum atomic E-state index is -0.976. The van der Waals surface area contributed by atoms with Crippen molar-refractivity contribution in [3.8, 4) is 5.75 Å². The number of imide groups is 2. The van der Waals surface area contributed by atoms with Gasteiger partial charge in [0.2, 0.25) is 17.8 Å². The number of likely N-dealkylation sites (N-methyl/N-ethyl adjacent to an activating group) is 1. The first-order chi connectivity index (χ1) is 30.7. The Bertz CT molecular complexity index is 2610. The van der Waals surface area contributed by atoms with Gasteiger partial charge >= 0.3 is 0 Å². The summed E-state index contributed by atoms with van der Waals surface area (Å²) in [6.45, 7) is 6.99. The van der Waals surface area contributed by atoms with Gasteiger partial charge in [-0.15, -0.1) is 0 Å². The second kappa shape index (κ2) is 17.1. The van der Waals surface area contributed by atoms with Crippen LogP contribution < -0.4 is 36.0 Å². The average Bonchev–Trinajstić information content (AvgIpc) is 3.52. The molecule has 9 rings (SSSR count). The van der Waals surface area contributed by atoms with E-state index in [0.717, 1.165) is 86.2 Å². The highest BCUT2D eigenvalue weighted by Gasteiger charge is 2.48. The summed E-state index contributed by atoms with van der Waals surface area (Å²) in [5.41, 5.74) is 2.89. The number of hydrogen-bond acceptors (Lipinski definition) is 13. The van der Waals surface area contributed by atoms with Crippen LogP contribution in [-0.4, -0.2) is 119 Å². The number of ether oxygens (including phenoxy) is 1. The van der Waals surface area contributed by atoms with E-state index in [9.17, 15) is 28.8 Å². The van der Waals surface area contributed by atoms with Crippen molar-refractivity contribution in [3.05, 3.63) is 75.2 Å². The first-order valence-corrected chi connectivity index (χ1v) is 22.5. The minimum absolute atomic E-state index is 0.0893. The number of nitrogens with one attached hydrogen (secondary N) is 3. The van der Waals surface area contributed by atoms with Crippen molar-refractivity contribution in [3.63, 3.8) is 0 Å². The Morgan fingerprint density at radius 3 is 2.36 bits per heavy atom. The fourth-order valence-electron chi connectivity index (χ4n) is 10.3. The normalized spacial score (nSPS) is 20.3. The molecule has 2 aromatic heterocycles. The Morgan fingerprint density at radius 1 is 0.938 bits per heavy atom. The lowest BCUT2D eigenvalue weighted by molar-refractivity contribution is -0.136. The number of benzene rings is 2. The third-order valence-electron chi connectivity index (χ3n) is 13.9.